The summed E-state index contributed by atoms with van der Waals surface area (Å²) >= 11 is 1.06. The van der Waals surface area contributed by atoms with Crippen LogP contribution in [0.1, 0.15) is 12.5 Å². The minimum Gasteiger partial charge on any atom is -0.433 e. The van der Waals surface area contributed by atoms with E-state index >= 15 is 0 Å². The van der Waals surface area contributed by atoms with Crippen molar-refractivity contribution in [1.82, 2.24) is 0 Å². The van der Waals surface area contributed by atoms with Crippen molar-refractivity contribution in [3.8, 4) is 5.75 Å². The molecule has 1 aromatic carbocycles. The molecule has 1 aromatic rings. The van der Waals surface area contributed by atoms with E-state index in [1.54, 1.807) is 12.1 Å². The zero-order valence-corrected chi connectivity index (χ0v) is 12.0. The monoisotopic (exact) mass is 300 g/mol. The Balaban J connectivity index is 2.10. The Morgan fingerprint density at radius 3 is 2.58 bits per heavy atom. The van der Waals surface area contributed by atoms with Crippen LogP contribution < -0.4 is 4.74 Å². The number of ether oxygens (including phenoxy) is 1. The molecule has 0 radical (unpaired) electrons. The van der Waals surface area contributed by atoms with Gasteiger partial charge < -0.3 is 9.57 Å². The van der Waals surface area contributed by atoms with E-state index in [1.165, 1.54) is 7.11 Å². The minimum absolute atomic E-state index is 0.0694. The fourth-order valence-corrected chi connectivity index (χ4v) is 3.57. The number of hydrogen-bond donors (Lipinski definition) is 0. The van der Waals surface area contributed by atoms with E-state index < -0.39 is 10.0 Å². The van der Waals surface area contributed by atoms with E-state index in [-0.39, 0.29) is 10.3 Å². The fourth-order valence-electron chi connectivity index (χ4n) is 1.39. The molecule has 6 nitrogen and oxygen atoms in total. The molecule has 0 amide bonds. The summed E-state index contributed by atoms with van der Waals surface area (Å²) in [6.07, 6.45) is 0. The third kappa shape index (κ3) is 3.71. The van der Waals surface area contributed by atoms with Gasteiger partial charge in [-0.3, -0.25) is 0 Å². The Hall–Kier alpha value is -1.54. The average Bonchev–Trinajstić information content (AvgIpc) is 2.70. The van der Waals surface area contributed by atoms with Gasteiger partial charge in [0.1, 0.15) is 17.9 Å². The lowest BCUT2D eigenvalue weighted by Crippen LogP contribution is -2.01. The van der Waals surface area contributed by atoms with Crippen molar-refractivity contribution in [2.75, 3.05) is 12.2 Å². The number of benzene rings is 1. The van der Waals surface area contributed by atoms with Crippen LogP contribution in [-0.2, 0) is 14.9 Å². The summed E-state index contributed by atoms with van der Waals surface area (Å²) in [5.41, 5.74) is 1.63. The summed E-state index contributed by atoms with van der Waals surface area (Å²) in [6.45, 7) is 1.82. The summed E-state index contributed by atoms with van der Waals surface area (Å²) in [4.78, 5) is 4.69. The van der Waals surface area contributed by atoms with Gasteiger partial charge in [-0.1, -0.05) is 5.16 Å². The summed E-state index contributed by atoms with van der Waals surface area (Å²) in [5.74, 6) is 0.525. The van der Waals surface area contributed by atoms with Crippen molar-refractivity contribution in [1.29, 1.82) is 0 Å². The maximum absolute atomic E-state index is 11.1. The van der Waals surface area contributed by atoms with E-state index in [9.17, 15) is 8.42 Å². The molecule has 1 aliphatic heterocycles. The molecule has 1 heterocycles. The van der Waals surface area contributed by atoms with Crippen molar-refractivity contribution >= 4 is 32.7 Å². The molecular formula is C11H12N2O4S2. The molecule has 0 unspecified atom stereocenters. The molecule has 0 fully saturated rings. The zero-order valence-electron chi connectivity index (χ0n) is 10.4. The quantitative estimate of drug-likeness (QED) is 0.628. The number of thioether (sulfide) groups is 1. The van der Waals surface area contributed by atoms with Gasteiger partial charge in [-0.25, -0.2) is 8.42 Å². The molecule has 0 spiro atoms. The van der Waals surface area contributed by atoms with E-state index in [0.717, 1.165) is 23.0 Å². The van der Waals surface area contributed by atoms with Gasteiger partial charge in [0.25, 0.3) is 15.3 Å². The first-order chi connectivity index (χ1) is 9.00. The minimum atomic E-state index is -3.35. The summed E-state index contributed by atoms with van der Waals surface area (Å²) < 4.78 is 31.1. The van der Waals surface area contributed by atoms with Gasteiger partial charge >= 0.3 is 0 Å². The van der Waals surface area contributed by atoms with Gasteiger partial charge in [-0.2, -0.15) is 0 Å². The van der Waals surface area contributed by atoms with Gasteiger partial charge in [0.15, 0.2) is 0 Å². The third-order valence-corrected chi connectivity index (χ3v) is 4.89. The van der Waals surface area contributed by atoms with Crippen LogP contribution in [0.25, 0.3) is 0 Å². The van der Waals surface area contributed by atoms with Crippen LogP contribution in [-0.4, -0.2) is 31.6 Å². The van der Waals surface area contributed by atoms with Crippen molar-refractivity contribution in [2.24, 2.45) is 9.55 Å². The van der Waals surface area contributed by atoms with Crippen molar-refractivity contribution in [3.63, 3.8) is 0 Å². The van der Waals surface area contributed by atoms with Crippen LogP contribution >= 0.6 is 11.8 Å². The second kappa shape index (κ2) is 5.62. The molecule has 0 N–H and O–H groups in total. The highest BCUT2D eigenvalue weighted by Crippen LogP contribution is 2.23. The topological polar surface area (TPSA) is 77.3 Å². The summed E-state index contributed by atoms with van der Waals surface area (Å²) in [7, 11) is -1.87. The SMILES string of the molecule is CO/N=C(/C)c1ccc(OC2=NS(=O)(=O)CS2)cc1. The lowest BCUT2D eigenvalue weighted by Gasteiger charge is -2.04. The molecule has 1 aliphatic rings. The molecule has 2 rings (SSSR count). The number of sulfonamides is 1. The van der Waals surface area contributed by atoms with Gasteiger partial charge in [0.05, 0.1) is 5.71 Å². The number of oxime groups is 1. The first-order valence-corrected chi connectivity index (χ1v) is 7.91. The van der Waals surface area contributed by atoms with Gasteiger partial charge in [0.2, 0.25) is 0 Å². The Bertz CT molecular complexity index is 621. The standard InChI is InChI=1S/C11H12N2O4S2/c1-8(12-16-2)9-3-5-10(6-4-9)17-11-13-19(14,15)7-18-11/h3-6H,7H2,1-2H3/b12-8-. The van der Waals surface area contributed by atoms with Crippen molar-refractivity contribution in [3.05, 3.63) is 29.8 Å². The number of hydrogen-bond acceptors (Lipinski definition) is 6. The van der Waals surface area contributed by atoms with E-state index in [1.807, 2.05) is 19.1 Å². The molecule has 102 valence electrons. The van der Waals surface area contributed by atoms with Crippen LogP contribution in [0, 0.1) is 0 Å². The fraction of sp³-hybridized carbons (Fsp3) is 0.273. The van der Waals surface area contributed by atoms with Crippen LogP contribution in [0.4, 0.5) is 0 Å². The van der Waals surface area contributed by atoms with E-state index in [2.05, 4.69) is 14.4 Å². The van der Waals surface area contributed by atoms with Crippen molar-refractivity contribution in [2.45, 2.75) is 6.92 Å². The van der Waals surface area contributed by atoms with Gasteiger partial charge in [-0.05, 0) is 48.5 Å². The van der Waals surface area contributed by atoms with E-state index in [0.29, 0.717) is 5.75 Å². The second-order valence-electron chi connectivity index (χ2n) is 3.69. The highest BCUT2D eigenvalue weighted by atomic mass is 32.3. The Morgan fingerprint density at radius 1 is 1.37 bits per heavy atom. The van der Waals surface area contributed by atoms with Crippen molar-refractivity contribution < 1.29 is 18.0 Å². The maximum atomic E-state index is 11.1. The molecule has 0 bridgehead atoms. The molecule has 0 aromatic heterocycles. The molecular weight excluding hydrogens is 288 g/mol. The predicted molar refractivity (Wildman–Crippen MR) is 75.1 cm³/mol. The normalized spacial score (nSPS) is 18.0. The lowest BCUT2D eigenvalue weighted by molar-refractivity contribution is 0.213. The second-order valence-corrected chi connectivity index (χ2v) is 6.61. The summed E-state index contributed by atoms with van der Waals surface area (Å²) in [6, 6.07) is 7.06. The summed E-state index contributed by atoms with van der Waals surface area (Å²) in [5, 5.41) is 3.89. The zero-order chi connectivity index (χ0) is 13.9. The Labute approximate surface area is 115 Å². The third-order valence-electron chi connectivity index (χ3n) is 2.25. The first kappa shape index (κ1) is 13.9. The molecule has 0 aliphatic carbocycles. The van der Waals surface area contributed by atoms with Crippen LogP contribution in [0.5, 0.6) is 5.75 Å². The number of nitrogens with zero attached hydrogens (tertiary/aromatic N) is 2. The molecule has 0 saturated heterocycles. The van der Waals surface area contributed by atoms with Crippen LogP contribution in [0.3, 0.4) is 0 Å². The molecule has 0 saturated carbocycles. The van der Waals surface area contributed by atoms with Crippen LogP contribution in [0.15, 0.2) is 33.8 Å². The Morgan fingerprint density at radius 2 is 2.05 bits per heavy atom. The predicted octanol–water partition coefficient (Wildman–Crippen LogP) is 1.83. The van der Waals surface area contributed by atoms with E-state index in [4.69, 9.17) is 4.74 Å². The average molecular weight is 300 g/mol. The first-order valence-electron chi connectivity index (χ1n) is 5.32. The van der Waals surface area contributed by atoms with Crippen LogP contribution in [0.2, 0.25) is 0 Å². The molecule has 0 atom stereocenters. The highest BCUT2D eigenvalue weighted by Gasteiger charge is 2.22. The molecule has 19 heavy (non-hydrogen) atoms. The lowest BCUT2D eigenvalue weighted by atomic mass is 10.1. The smallest absolute Gasteiger partial charge is 0.268 e. The van der Waals surface area contributed by atoms with Gasteiger partial charge in [-0.15, -0.1) is 4.40 Å². The largest absolute Gasteiger partial charge is 0.433 e. The number of rotatable bonds is 3. The highest BCUT2D eigenvalue weighted by molar-refractivity contribution is 8.24. The molecule has 8 heteroatoms. The van der Waals surface area contributed by atoms with Gasteiger partial charge in [0, 0.05) is 0 Å². The maximum Gasteiger partial charge on any atom is 0.268 e. The Kier molecular flexibility index (Phi) is 4.11.